The highest BCUT2D eigenvalue weighted by Crippen LogP contribution is 2.33. The highest BCUT2D eigenvalue weighted by molar-refractivity contribution is 5.77. The van der Waals surface area contributed by atoms with E-state index in [1.807, 2.05) is 11.9 Å². The van der Waals surface area contributed by atoms with E-state index in [0.717, 1.165) is 25.3 Å². The van der Waals surface area contributed by atoms with Crippen molar-refractivity contribution in [1.29, 1.82) is 0 Å². The molecule has 1 amide bonds. The standard InChI is InChI=1S/C11H20N2O/c1-13(8-9-3-4-9)10(14)7-11(12)5-2-6-11/h9H,2-8,12H2,1H3. The summed E-state index contributed by atoms with van der Waals surface area (Å²) in [6.07, 6.45) is 6.38. The van der Waals surface area contributed by atoms with Gasteiger partial charge < -0.3 is 10.6 Å². The first-order chi connectivity index (χ1) is 6.59. The lowest BCUT2D eigenvalue weighted by molar-refractivity contribution is -0.132. The van der Waals surface area contributed by atoms with Crippen LogP contribution in [0, 0.1) is 5.92 Å². The number of rotatable bonds is 4. The molecule has 0 radical (unpaired) electrons. The molecule has 0 spiro atoms. The van der Waals surface area contributed by atoms with Crippen molar-refractivity contribution in [3.8, 4) is 0 Å². The fourth-order valence-corrected chi connectivity index (χ4v) is 2.03. The van der Waals surface area contributed by atoms with Crippen molar-refractivity contribution < 1.29 is 4.79 Å². The van der Waals surface area contributed by atoms with E-state index in [9.17, 15) is 4.79 Å². The summed E-state index contributed by atoms with van der Waals surface area (Å²) < 4.78 is 0. The molecule has 0 heterocycles. The number of carbonyl (C=O) groups excluding carboxylic acids is 1. The Balaban J connectivity index is 1.75. The molecule has 0 bridgehead atoms. The van der Waals surface area contributed by atoms with Gasteiger partial charge in [0.2, 0.25) is 5.91 Å². The lowest BCUT2D eigenvalue weighted by Gasteiger charge is -2.38. The van der Waals surface area contributed by atoms with E-state index in [4.69, 9.17) is 5.73 Å². The average Bonchev–Trinajstić information content (AvgIpc) is 2.85. The molecule has 0 atom stereocenters. The van der Waals surface area contributed by atoms with Crippen LogP contribution >= 0.6 is 0 Å². The predicted octanol–water partition coefficient (Wildman–Crippen LogP) is 1.13. The van der Waals surface area contributed by atoms with Crippen LogP contribution in [0.2, 0.25) is 0 Å². The first-order valence-electron chi connectivity index (χ1n) is 5.62. The second-order valence-electron chi connectivity index (χ2n) is 5.11. The van der Waals surface area contributed by atoms with Gasteiger partial charge >= 0.3 is 0 Å². The second-order valence-corrected chi connectivity index (χ2v) is 5.11. The molecule has 3 heteroatoms. The fourth-order valence-electron chi connectivity index (χ4n) is 2.03. The fraction of sp³-hybridized carbons (Fsp3) is 0.909. The zero-order valence-electron chi connectivity index (χ0n) is 8.96. The molecule has 14 heavy (non-hydrogen) atoms. The molecule has 0 aliphatic heterocycles. The Kier molecular flexibility index (Phi) is 2.52. The maximum absolute atomic E-state index is 11.8. The van der Waals surface area contributed by atoms with Crippen LogP contribution < -0.4 is 5.73 Å². The first kappa shape index (κ1) is 9.97. The Morgan fingerprint density at radius 3 is 2.57 bits per heavy atom. The van der Waals surface area contributed by atoms with Crippen LogP contribution in [0.3, 0.4) is 0 Å². The van der Waals surface area contributed by atoms with E-state index in [1.165, 1.54) is 19.3 Å². The second kappa shape index (κ2) is 3.54. The summed E-state index contributed by atoms with van der Waals surface area (Å²) in [6, 6.07) is 0. The number of amides is 1. The maximum atomic E-state index is 11.8. The van der Waals surface area contributed by atoms with Crippen molar-refractivity contribution in [2.75, 3.05) is 13.6 Å². The van der Waals surface area contributed by atoms with Gasteiger partial charge in [-0.25, -0.2) is 0 Å². The third-order valence-corrected chi connectivity index (χ3v) is 3.51. The van der Waals surface area contributed by atoms with Crippen LogP contribution in [-0.4, -0.2) is 29.9 Å². The molecular formula is C11H20N2O. The topological polar surface area (TPSA) is 46.3 Å². The molecule has 2 fully saturated rings. The third-order valence-electron chi connectivity index (χ3n) is 3.51. The van der Waals surface area contributed by atoms with Crippen molar-refractivity contribution >= 4 is 5.91 Å². The van der Waals surface area contributed by atoms with Crippen LogP contribution in [0.25, 0.3) is 0 Å². The molecule has 0 unspecified atom stereocenters. The monoisotopic (exact) mass is 196 g/mol. The smallest absolute Gasteiger partial charge is 0.224 e. The molecule has 0 aromatic rings. The Labute approximate surface area is 85.6 Å². The molecule has 80 valence electrons. The summed E-state index contributed by atoms with van der Waals surface area (Å²) in [5, 5.41) is 0. The van der Waals surface area contributed by atoms with Gasteiger partial charge in [0.25, 0.3) is 0 Å². The SMILES string of the molecule is CN(CC1CC1)C(=O)CC1(N)CCC1. The van der Waals surface area contributed by atoms with Gasteiger partial charge in [-0.15, -0.1) is 0 Å². The van der Waals surface area contributed by atoms with Gasteiger partial charge in [0, 0.05) is 25.6 Å². The van der Waals surface area contributed by atoms with Gasteiger partial charge in [-0.1, -0.05) is 0 Å². The molecule has 2 aliphatic carbocycles. The van der Waals surface area contributed by atoms with E-state index < -0.39 is 0 Å². The minimum Gasteiger partial charge on any atom is -0.345 e. The van der Waals surface area contributed by atoms with E-state index in [0.29, 0.717) is 6.42 Å². The Morgan fingerprint density at radius 1 is 1.50 bits per heavy atom. The molecule has 2 rings (SSSR count). The summed E-state index contributed by atoms with van der Waals surface area (Å²) in [7, 11) is 1.91. The predicted molar refractivity (Wildman–Crippen MR) is 55.7 cm³/mol. The lowest BCUT2D eigenvalue weighted by atomic mass is 9.75. The van der Waals surface area contributed by atoms with Crippen molar-refractivity contribution in [3.05, 3.63) is 0 Å². The summed E-state index contributed by atoms with van der Waals surface area (Å²) in [4.78, 5) is 13.6. The van der Waals surface area contributed by atoms with Crippen LogP contribution in [-0.2, 0) is 4.79 Å². The van der Waals surface area contributed by atoms with Gasteiger partial charge in [-0.2, -0.15) is 0 Å². The number of nitrogens with zero attached hydrogens (tertiary/aromatic N) is 1. The number of nitrogens with two attached hydrogens (primary N) is 1. The molecular weight excluding hydrogens is 176 g/mol. The summed E-state index contributed by atoms with van der Waals surface area (Å²) in [6.45, 7) is 0.939. The summed E-state index contributed by atoms with van der Waals surface area (Å²) >= 11 is 0. The molecule has 0 aromatic carbocycles. The minimum atomic E-state index is -0.158. The van der Waals surface area contributed by atoms with Crippen LogP contribution in [0.15, 0.2) is 0 Å². The molecule has 0 aromatic heterocycles. The van der Waals surface area contributed by atoms with E-state index in [1.54, 1.807) is 0 Å². The quantitative estimate of drug-likeness (QED) is 0.732. The molecule has 0 saturated heterocycles. The normalized spacial score (nSPS) is 24.1. The van der Waals surface area contributed by atoms with Gasteiger partial charge in [-0.05, 0) is 38.0 Å². The van der Waals surface area contributed by atoms with Crippen molar-refractivity contribution in [1.82, 2.24) is 4.90 Å². The number of hydrogen-bond acceptors (Lipinski definition) is 2. The lowest BCUT2D eigenvalue weighted by Crippen LogP contribution is -2.50. The van der Waals surface area contributed by atoms with Crippen LogP contribution in [0.4, 0.5) is 0 Å². The number of carbonyl (C=O) groups is 1. The molecule has 2 N–H and O–H groups in total. The zero-order valence-corrected chi connectivity index (χ0v) is 8.96. The average molecular weight is 196 g/mol. The first-order valence-corrected chi connectivity index (χ1v) is 5.62. The third kappa shape index (κ3) is 2.27. The summed E-state index contributed by atoms with van der Waals surface area (Å²) in [5.74, 6) is 1.01. The van der Waals surface area contributed by atoms with Gasteiger partial charge in [-0.3, -0.25) is 4.79 Å². The highest BCUT2D eigenvalue weighted by atomic mass is 16.2. The van der Waals surface area contributed by atoms with Crippen LogP contribution in [0.5, 0.6) is 0 Å². The van der Waals surface area contributed by atoms with Crippen molar-refractivity contribution in [2.24, 2.45) is 11.7 Å². The van der Waals surface area contributed by atoms with Gasteiger partial charge in [0.15, 0.2) is 0 Å². The van der Waals surface area contributed by atoms with E-state index in [2.05, 4.69) is 0 Å². The van der Waals surface area contributed by atoms with E-state index >= 15 is 0 Å². The molecule has 2 aliphatic rings. The van der Waals surface area contributed by atoms with Crippen molar-refractivity contribution in [2.45, 2.75) is 44.1 Å². The largest absolute Gasteiger partial charge is 0.345 e. The van der Waals surface area contributed by atoms with Gasteiger partial charge in [0.05, 0.1) is 0 Å². The molecule has 2 saturated carbocycles. The van der Waals surface area contributed by atoms with Crippen molar-refractivity contribution in [3.63, 3.8) is 0 Å². The summed E-state index contributed by atoms with van der Waals surface area (Å²) in [5.41, 5.74) is 5.88. The maximum Gasteiger partial charge on any atom is 0.224 e. The Bertz CT molecular complexity index is 231. The highest BCUT2D eigenvalue weighted by Gasteiger charge is 2.36. The Morgan fingerprint density at radius 2 is 2.14 bits per heavy atom. The van der Waals surface area contributed by atoms with Gasteiger partial charge in [0.1, 0.15) is 0 Å². The number of hydrogen-bond donors (Lipinski definition) is 1. The minimum absolute atomic E-state index is 0.158. The Hall–Kier alpha value is -0.570. The molecule has 3 nitrogen and oxygen atoms in total. The van der Waals surface area contributed by atoms with Crippen LogP contribution in [0.1, 0.15) is 38.5 Å². The van der Waals surface area contributed by atoms with E-state index in [-0.39, 0.29) is 11.4 Å². The zero-order chi connectivity index (χ0) is 10.2.